The lowest BCUT2D eigenvalue weighted by Crippen LogP contribution is -2.44. The van der Waals surface area contributed by atoms with Gasteiger partial charge in [-0.2, -0.15) is 0 Å². The number of aliphatic imine (C=N–C) groups is 2. The SMILES string of the molecule is CC(C)(C)OC(=O)N[C@@H](CC1=NC=NC1)C(=O)O. The summed E-state index contributed by atoms with van der Waals surface area (Å²) in [5.41, 5.74) is -0.0420. The van der Waals surface area contributed by atoms with Crippen LogP contribution in [-0.4, -0.2) is 47.4 Å². The summed E-state index contributed by atoms with van der Waals surface area (Å²) in [7, 11) is 0. The number of carbonyl (C=O) groups is 2. The Morgan fingerprint density at radius 3 is 2.67 bits per heavy atom. The molecule has 0 aromatic heterocycles. The molecule has 0 aromatic rings. The molecule has 0 unspecified atom stereocenters. The van der Waals surface area contributed by atoms with Crippen molar-refractivity contribution in [2.24, 2.45) is 9.98 Å². The van der Waals surface area contributed by atoms with Crippen LogP contribution in [0.2, 0.25) is 0 Å². The molecule has 100 valence electrons. The summed E-state index contributed by atoms with van der Waals surface area (Å²) in [6, 6.07) is -1.06. The second-order valence-corrected chi connectivity index (χ2v) is 4.89. The molecule has 0 aromatic carbocycles. The van der Waals surface area contributed by atoms with Crippen molar-refractivity contribution in [2.45, 2.75) is 38.8 Å². The van der Waals surface area contributed by atoms with Crippen LogP contribution in [0.3, 0.4) is 0 Å². The van der Waals surface area contributed by atoms with Crippen molar-refractivity contribution in [1.82, 2.24) is 5.32 Å². The van der Waals surface area contributed by atoms with Gasteiger partial charge in [0.1, 0.15) is 18.0 Å². The third-order valence-corrected chi connectivity index (χ3v) is 2.02. The molecule has 1 amide bonds. The summed E-state index contributed by atoms with van der Waals surface area (Å²) >= 11 is 0. The Bertz CT molecular complexity index is 396. The lowest BCUT2D eigenvalue weighted by Gasteiger charge is -2.21. The van der Waals surface area contributed by atoms with E-state index in [9.17, 15) is 9.59 Å². The predicted molar refractivity (Wildman–Crippen MR) is 66.2 cm³/mol. The molecular weight excluding hydrogens is 238 g/mol. The Morgan fingerprint density at radius 1 is 1.56 bits per heavy atom. The van der Waals surface area contributed by atoms with Gasteiger partial charge in [-0.05, 0) is 20.8 Å². The summed E-state index contributed by atoms with van der Waals surface area (Å²) in [6.07, 6.45) is 0.741. The maximum atomic E-state index is 11.5. The molecular formula is C11H17N3O4. The molecule has 1 aliphatic heterocycles. The molecule has 0 bridgehead atoms. The first kappa shape index (κ1) is 14.1. The third kappa shape index (κ3) is 4.94. The van der Waals surface area contributed by atoms with Gasteiger partial charge in [0.05, 0.1) is 6.54 Å². The minimum absolute atomic E-state index is 0.120. The van der Waals surface area contributed by atoms with E-state index in [1.54, 1.807) is 20.8 Å². The monoisotopic (exact) mass is 255 g/mol. The molecule has 1 rings (SSSR count). The van der Waals surface area contributed by atoms with Crippen LogP contribution in [0.4, 0.5) is 4.79 Å². The lowest BCUT2D eigenvalue weighted by molar-refractivity contribution is -0.139. The van der Waals surface area contributed by atoms with Gasteiger partial charge in [-0.1, -0.05) is 0 Å². The van der Waals surface area contributed by atoms with E-state index in [0.717, 1.165) is 0 Å². The zero-order valence-corrected chi connectivity index (χ0v) is 10.6. The highest BCUT2D eigenvalue weighted by atomic mass is 16.6. The number of hydrogen-bond donors (Lipinski definition) is 2. The molecule has 18 heavy (non-hydrogen) atoms. The summed E-state index contributed by atoms with van der Waals surface area (Å²) in [5, 5.41) is 11.3. The number of alkyl carbamates (subject to hydrolysis) is 1. The van der Waals surface area contributed by atoms with E-state index in [0.29, 0.717) is 12.3 Å². The minimum Gasteiger partial charge on any atom is -0.480 e. The first-order valence-corrected chi connectivity index (χ1v) is 5.54. The van der Waals surface area contributed by atoms with Crippen LogP contribution < -0.4 is 5.32 Å². The van der Waals surface area contributed by atoms with Gasteiger partial charge in [0, 0.05) is 12.1 Å². The average molecular weight is 255 g/mol. The van der Waals surface area contributed by atoms with E-state index >= 15 is 0 Å². The van der Waals surface area contributed by atoms with Crippen LogP contribution in [0.1, 0.15) is 27.2 Å². The number of ether oxygens (including phenoxy) is 1. The van der Waals surface area contributed by atoms with E-state index in [2.05, 4.69) is 15.3 Å². The summed E-state index contributed by atoms with van der Waals surface area (Å²) < 4.78 is 5.00. The molecule has 1 aliphatic rings. The van der Waals surface area contributed by atoms with Crippen LogP contribution in [0, 0.1) is 0 Å². The molecule has 0 spiro atoms. The number of carboxylic acid groups (broad SMARTS) is 1. The molecule has 0 fully saturated rings. The highest BCUT2D eigenvalue weighted by molar-refractivity contribution is 5.99. The fourth-order valence-electron chi connectivity index (χ4n) is 1.31. The first-order valence-electron chi connectivity index (χ1n) is 5.54. The Morgan fingerprint density at radius 2 is 2.22 bits per heavy atom. The first-order chi connectivity index (χ1) is 8.28. The van der Waals surface area contributed by atoms with Crippen LogP contribution in [0.5, 0.6) is 0 Å². The van der Waals surface area contributed by atoms with Crippen molar-refractivity contribution in [3.8, 4) is 0 Å². The second-order valence-electron chi connectivity index (χ2n) is 4.89. The second kappa shape index (κ2) is 5.61. The van der Waals surface area contributed by atoms with Gasteiger partial charge >= 0.3 is 12.1 Å². The van der Waals surface area contributed by atoms with Crippen molar-refractivity contribution in [2.75, 3.05) is 6.54 Å². The molecule has 2 N–H and O–H groups in total. The van der Waals surface area contributed by atoms with Crippen LogP contribution in [0.15, 0.2) is 9.98 Å². The molecule has 7 heteroatoms. The Labute approximate surface area is 105 Å². The number of carbonyl (C=O) groups excluding carboxylic acids is 1. The smallest absolute Gasteiger partial charge is 0.408 e. The number of amides is 1. The van der Waals surface area contributed by atoms with Crippen LogP contribution in [0.25, 0.3) is 0 Å². The largest absolute Gasteiger partial charge is 0.480 e. The van der Waals surface area contributed by atoms with Crippen LogP contribution >= 0.6 is 0 Å². The zero-order chi connectivity index (χ0) is 13.8. The number of nitrogens with zero attached hydrogens (tertiary/aromatic N) is 2. The van der Waals surface area contributed by atoms with E-state index in [1.807, 2.05) is 0 Å². The van der Waals surface area contributed by atoms with Gasteiger partial charge in [0.2, 0.25) is 0 Å². The predicted octanol–water partition coefficient (Wildman–Crippen LogP) is 0.837. The Hall–Kier alpha value is -1.92. The number of hydrogen-bond acceptors (Lipinski definition) is 5. The van der Waals surface area contributed by atoms with Crippen molar-refractivity contribution in [1.29, 1.82) is 0 Å². The highest BCUT2D eigenvalue weighted by Crippen LogP contribution is 2.08. The quantitative estimate of drug-likeness (QED) is 0.777. The fraction of sp³-hybridized carbons (Fsp3) is 0.636. The molecule has 0 radical (unpaired) electrons. The van der Waals surface area contributed by atoms with Crippen molar-refractivity contribution in [3.63, 3.8) is 0 Å². The Kier molecular flexibility index (Phi) is 4.41. The number of nitrogens with one attached hydrogen (secondary N) is 1. The third-order valence-electron chi connectivity index (χ3n) is 2.02. The highest BCUT2D eigenvalue weighted by Gasteiger charge is 2.25. The van der Waals surface area contributed by atoms with E-state index < -0.39 is 23.7 Å². The van der Waals surface area contributed by atoms with Gasteiger partial charge in [-0.3, -0.25) is 4.99 Å². The topological polar surface area (TPSA) is 100 Å². The molecule has 0 saturated heterocycles. The number of carboxylic acids is 1. The van der Waals surface area contributed by atoms with Crippen molar-refractivity contribution < 1.29 is 19.4 Å². The maximum Gasteiger partial charge on any atom is 0.408 e. The Balaban J connectivity index is 2.53. The van der Waals surface area contributed by atoms with Gasteiger partial charge in [0.25, 0.3) is 0 Å². The molecule has 1 atom stereocenters. The normalized spacial score (nSPS) is 16.1. The van der Waals surface area contributed by atoms with Crippen LogP contribution in [-0.2, 0) is 9.53 Å². The van der Waals surface area contributed by atoms with E-state index in [1.165, 1.54) is 6.34 Å². The summed E-state index contributed by atoms with van der Waals surface area (Å²) in [6.45, 7) is 5.49. The molecule has 0 aliphatic carbocycles. The maximum absolute atomic E-state index is 11.5. The molecule has 1 heterocycles. The molecule has 7 nitrogen and oxygen atoms in total. The van der Waals surface area contributed by atoms with E-state index in [4.69, 9.17) is 9.84 Å². The number of aliphatic carboxylic acids is 1. The average Bonchev–Trinajstić information content (AvgIpc) is 2.66. The lowest BCUT2D eigenvalue weighted by atomic mass is 10.1. The van der Waals surface area contributed by atoms with Gasteiger partial charge in [0.15, 0.2) is 0 Å². The van der Waals surface area contributed by atoms with Crippen molar-refractivity contribution in [3.05, 3.63) is 0 Å². The molecule has 0 saturated carbocycles. The van der Waals surface area contributed by atoms with E-state index in [-0.39, 0.29) is 6.42 Å². The van der Waals surface area contributed by atoms with Gasteiger partial charge in [-0.25, -0.2) is 14.6 Å². The number of rotatable bonds is 4. The van der Waals surface area contributed by atoms with Crippen molar-refractivity contribution >= 4 is 24.1 Å². The standard InChI is InChI=1S/C11H17N3O4/c1-11(2,3)18-10(17)14-8(9(15)16)4-7-5-12-6-13-7/h6,8H,4-5H2,1-3H3,(H,14,17)(H,15,16)/t8-/m0/s1. The summed E-state index contributed by atoms with van der Waals surface area (Å²) in [4.78, 5) is 30.3. The minimum atomic E-state index is -1.13. The summed E-state index contributed by atoms with van der Waals surface area (Å²) in [5.74, 6) is -1.13. The fourth-order valence-corrected chi connectivity index (χ4v) is 1.31. The zero-order valence-electron chi connectivity index (χ0n) is 10.6. The van der Waals surface area contributed by atoms with Gasteiger partial charge < -0.3 is 15.2 Å². The van der Waals surface area contributed by atoms with Gasteiger partial charge in [-0.15, -0.1) is 0 Å².